The van der Waals surface area contributed by atoms with Gasteiger partial charge >= 0.3 is 5.97 Å². The molecule has 0 aliphatic rings. The molecule has 0 aromatic carbocycles. The Balaban J connectivity index is 2.38. The lowest BCUT2D eigenvalue weighted by molar-refractivity contribution is -0.136. The van der Waals surface area contributed by atoms with Crippen molar-refractivity contribution in [2.24, 2.45) is 0 Å². The largest absolute Gasteiger partial charge is 0.481 e. The molecule has 1 heterocycles. The maximum absolute atomic E-state index is 10.4. The van der Waals surface area contributed by atoms with E-state index in [2.05, 4.69) is 18.8 Å². The minimum atomic E-state index is -0.763. The van der Waals surface area contributed by atoms with E-state index in [4.69, 9.17) is 5.11 Å². The number of nitrogens with zero attached hydrogens (tertiary/aromatic N) is 1. The summed E-state index contributed by atoms with van der Waals surface area (Å²) in [7, 11) is 0. The number of aromatic nitrogens is 1. The molecule has 1 aromatic heterocycles. The highest BCUT2D eigenvalue weighted by Gasteiger charge is 2.05. The zero-order valence-electron chi connectivity index (χ0n) is 8.90. The van der Waals surface area contributed by atoms with Gasteiger partial charge in [0.05, 0.1) is 12.1 Å². The van der Waals surface area contributed by atoms with E-state index in [1.165, 1.54) is 0 Å². The van der Waals surface area contributed by atoms with Crippen LogP contribution >= 0.6 is 23.1 Å². The van der Waals surface area contributed by atoms with Gasteiger partial charge in [-0.2, -0.15) is 11.8 Å². The molecule has 5 heteroatoms. The first kappa shape index (κ1) is 12.5. The lowest BCUT2D eigenvalue weighted by atomic mass is 10.2. The van der Waals surface area contributed by atoms with Gasteiger partial charge in [0, 0.05) is 17.6 Å². The van der Waals surface area contributed by atoms with Crippen LogP contribution in [0.5, 0.6) is 0 Å². The number of carbonyl (C=O) groups is 1. The molecular formula is C10H15NO2S2. The van der Waals surface area contributed by atoms with Gasteiger partial charge in [0.2, 0.25) is 0 Å². The van der Waals surface area contributed by atoms with Crippen LogP contribution in [0.4, 0.5) is 0 Å². The summed E-state index contributed by atoms with van der Waals surface area (Å²) in [6.07, 6.45) is 0.707. The second-order valence-corrected chi connectivity index (χ2v) is 5.99. The van der Waals surface area contributed by atoms with E-state index >= 15 is 0 Å². The van der Waals surface area contributed by atoms with Crippen molar-refractivity contribution in [2.45, 2.75) is 37.7 Å². The third kappa shape index (κ3) is 5.18. The van der Waals surface area contributed by atoms with E-state index in [0.29, 0.717) is 11.7 Å². The molecule has 1 rings (SSSR count). The summed E-state index contributed by atoms with van der Waals surface area (Å²) in [5.41, 5.74) is 0.904. The monoisotopic (exact) mass is 245 g/mol. The van der Waals surface area contributed by atoms with Gasteiger partial charge in [-0.25, -0.2) is 4.98 Å². The van der Waals surface area contributed by atoms with E-state index in [-0.39, 0.29) is 6.42 Å². The molecule has 0 unspecified atom stereocenters. The van der Waals surface area contributed by atoms with Crippen molar-refractivity contribution in [3.63, 3.8) is 0 Å². The van der Waals surface area contributed by atoms with Gasteiger partial charge < -0.3 is 5.11 Å². The van der Waals surface area contributed by atoms with Gasteiger partial charge in [0.25, 0.3) is 0 Å². The molecule has 15 heavy (non-hydrogen) atoms. The summed E-state index contributed by atoms with van der Waals surface area (Å²) in [4.78, 5) is 14.8. The molecule has 1 N–H and O–H groups in total. The molecule has 0 fully saturated rings. The first-order valence-electron chi connectivity index (χ1n) is 4.84. The molecule has 0 radical (unpaired) electrons. The van der Waals surface area contributed by atoms with E-state index < -0.39 is 5.97 Å². The lowest BCUT2D eigenvalue weighted by Gasteiger charge is -2.00. The Labute approximate surface area is 97.9 Å². The van der Waals surface area contributed by atoms with Crippen LogP contribution in [0.3, 0.4) is 0 Å². The Morgan fingerprint density at radius 2 is 2.40 bits per heavy atom. The van der Waals surface area contributed by atoms with Gasteiger partial charge in [-0.3, -0.25) is 4.79 Å². The Hall–Kier alpha value is -0.550. The fourth-order valence-corrected chi connectivity index (χ4v) is 2.63. The van der Waals surface area contributed by atoms with Gasteiger partial charge in [-0.1, -0.05) is 13.8 Å². The van der Waals surface area contributed by atoms with Crippen molar-refractivity contribution in [1.29, 1.82) is 0 Å². The van der Waals surface area contributed by atoms with Gasteiger partial charge in [-0.15, -0.1) is 11.3 Å². The summed E-state index contributed by atoms with van der Waals surface area (Å²) in [5.74, 6) is 0.163. The number of thioether (sulfide) groups is 1. The second kappa shape index (κ2) is 6.12. The van der Waals surface area contributed by atoms with Crippen molar-refractivity contribution in [3.05, 3.63) is 16.1 Å². The normalized spacial score (nSPS) is 10.9. The number of carboxylic acid groups (broad SMARTS) is 1. The number of thiazole rings is 1. The summed E-state index contributed by atoms with van der Waals surface area (Å²) >= 11 is 3.47. The summed E-state index contributed by atoms with van der Waals surface area (Å²) in [6, 6.07) is 0. The molecule has 0 aliphatic carbocycles. The quantitative estimate of drug-likeness (QED) is 0.837. The van der Waals surface area contributed by atoms with Crippen molar-refractivity contribution >= 4 is 29.1 Å². The molecule has 0 spiro atoms. The Morgan fingerprint density at radius 3 is 3.00 bits per heavy atom. The molecule has 3 nitrogen and oxygen atoms in total. The van der Waals surface area contributed by atoms with Gasteiger partial charge in [-0.05, 0) is 5.25 Å². The number of carboxylic acids is 1. The number of aryl methyl sites for hydroxylation is 1. The third-order valence-corrected chi connectivity index (χ3v) is 3.92. The maximum atomic E-state index is 10.4. The fourth-order valence-electron chi connectivity index (χ4n) is 1.00. The topological polar surface area (TPSA) is 50.2 Å². The first-order chi connectivity index (χ1) is 7.08. The van der Waals surface area contributed by atoms with Crippen LogP contribution in [0.25, 0.3) is 0 Å². The molecule has 0 amide bonds. The Morgan fingerprint density at radius 1 is 1.67 bits per heavy atom. The molecular weight excluding hydrogens is 230 g/mol. The average Bonchev–Trinajstić information content (AvgIpc) is 2.59. The summed E-state index contributed by atoms with van der Waals surface area (Å²) in [5, 5.41) is 12.2. The molecule has 0 saturated heterocycles. The molecule has 0 bridgehead atoms. The number of aliphatic carboxylic acids is 1. The van der Waals surface area contributed by atoms with Crippen molar-refractivity contribution in [3.8, 4) is 0 Å². The van der Waals surface area contributed by atoms with E-state index in [1.807, 2.05) is 17.1 Å². The predicted molar refractivity (Wildman–Crippen MR) is 64.5 cm³/mol. The average molecular weight is 245 g/mol. The molecule has 0 aliphatic heterocycles. The highest BCUT2D eigenvalue weighted by atomic mass is 32.2. The molecule has 0 saturated carbocycles. The van der Waals surface area contributed by atoms with Crippen LogP contribution in [0, 0.1) is 0 Å². The van der Waals surface area contributed by atoms with Crippen LogP contribution in [0.1, 0.15) is 31.0 Å². The number of hydrogen-bond donors (Lipinski definition) is 1. The minimum absolute atomic E-state index is 0.167. The van der Waals surface area contributed by atoms with Crippen LogP contribution in [0.15, 0.2) is 5.38 Å². The molecule has 1 aromatic rings. The Bertz CT molecular complexity index is 323. The smallest absolute Gasteiger partial charge is 0.303 e. The maximum Gasteiger partial charge on any atom is 0.303 e. The van der Waals surface area contributed by atoms with Crippen molar-refractivity contribution < 1.29 is 9.90 Å². The van der Waals surface area contributed by atoms with E-state index in [9.17, 15) is 4.79 Å². The van der Waals surface area contributed by atoms with E-state index in [0.717, 1.165) is 16.5 Å². The zero-order valence-corrected chi connectivity index (χ0v) is 10.5. The summed E-state index contributed by atoms with van der Waals surface area (Å²) < 4.78 is 0. The van der Waals surface area contributed by atoms with Gasteiger partial charge in [0.15, 0.2) is 0 Å². The molecule has 0 atom stereocenters. The predicted octanol–water partition coefficient (Wildman–Crippen LogP) is 2.80. The fraction of sp³-hybridized carbons (Fsp3) is 0.600. The van der Waals surface area contributed by atoms with E-state index in [1.54, 1.807) is 11.3 Å². The highest BCUT2D eigenvalue weighted by Crippen LogP contribution is 2.20. The summed E-state index contributed by atoms with van der Waals surface area (Å²) in [6.45, 7) is 4.31. The molecule has 84 valence electrons. The minimum Gasteiger partial charge on any atom is -0.481 e. The first-order valence-corrected chi connectivity index (χ1v) is 6.77. The van der Waals surface area contributed by atoms with Crippen LogP contribution in [-0.2, 0) is 17.0 Å². The number of hydrogen-bond acceptors (Lipinski definition) is 4. The van der Waals surface area contributed by atoms with Crippen LogP contribution in [0.2, 0.25) is 0 Å². The third-order valence-electron chi connectivity index (χ3n) is 1.73. The van der Waals surface area contributed by atoms with Crippen LogP contribution in [-0.4, -0.2) is 21.3 Å². The SMILES string of the molecule is CC(C)SCc1nc(CCC(=O)O)cs1. The standard InChI is InChI=1S/C10H15NO2S2/c1-7(2)14-6-9-11-8(5-15-9)3-4-10(12)13/h5,7H,3-4,6H2,1-2H3,(H,12,13). The van der Waals surface area contributed by atoms with Crippen molar-refractivity contribution in [1.82, 2.24) is 4.98 Å². The highest BCUT2D eigenvalue weighted by molar-refractivity contribution is 7.99. The Kier molecular flexibility index (Phi) is 5.11. The van der Waals surface area contributed by atoms with Crippen molar-refractivity contribution in [2.75, 3.05) is 0 Å². The van der Waals surface area contributed by atoms with Crippen LogP contribution < -0.4 is 0 Å². The lowest BCUT2D eigenvalue weighted by Crippen LogP contribution is -1.97. The van der Waals surface area contributed by atoms with Gasteiger partial charge in [0.1, 0.15) is 5.01 Å². The number of rotatable bonds is 6. The zero-order chi connectivity index (χ0) is 11.3. The second-order valence-electron chi connectivity index (χ2n) is 3.49.